The van der Waals surface area contributed by atoms with E-state index in [4.69, 9.17) is 29.4 Å². The van der Waals surface area contributed by atoms with Crippen molar-refractivity contribution in [1.82, 2.24) is 10.6 Å². The van der Waals surface area contributed by atoms with Gasteiger partial charge in [0, 0.05) is 13.7 Å². The maximum absolute atomic E-state index is 12.8. The minimum Gasteiger partial charge on any atom is -0.447 e. The third-order valence-electron chi connectivity index (χ3n) is 7.15. The molecule has 3 unspecified atom stereocenters. The second-order valence-electron chi connectivity index (χ2n) is 11.0. The Morgan fingerprint density at radius 3 is 2.57 bits per heavy atom. The predicted molar refractivity (Wildman–Crippen MR) is 130 cm³/mol. The van der Waals surface area contributed by atoms with Crippen molar-refractivity contribution in [3.8, 4) is 0 Å². The summed E-state index contributed by atoms with van der Waals surface area (Å²) < 4.78 is 29.2. The number of hydrogen-bond donors (Lipinski definition) is 3. The lowest BCUT2D eigenvalue weighted by molar-refractivity contribution is -0.118. The number of amides is 2. The van der Waals surface area contributed by atoms with Crippen molar-refractivity contribution < 1.29 is 33.3 Å². The highest BCUT2D eigenvalue weighted by atomic mass is 16.6. The van der Waals surface area contributed by atoms with Gasteiger partial charge < -0.3 is 40.1 Å². The molecule has 0 bridgehead atoms. The molecule has 200 valence electrons. The molecule has 0 aromatic rings. The van der Waals surface area contributed by atoms with Crippen molar-refractivity contribution in [3.63, 3.8) is 0 Å². The van der Waals surface area contributed by atoms with Gasteiger partial charge in [-0.25, -0.2) is 9.59 Å². The predicted octanol–water partition coefficient (Wildman–Crippen LogP) is 2.64. The first kappa shape index (κ1) is 27.7. The van der Waals surface area contributed by atoms with E-state index in [0.29, 0.717) is 32.5 Å². The fourth-order valence-electron chi connectivity index (χ4n) is 5.14. The van der Waals surface area contributed by atoms with Crippen LogP contribution in [0.1, 0.15) is 60.3 Å². The van der Waals surface area contributed by atoms with Gasteiger partial charge >= 0.3 is 12.2 Å². The third kappa shape index (κ3) is 6.87. The molecule has 0 radical (unpaired) electrons. The monoisotopic (exact) mass is 497 g/mol. The van der Waals surface area contributed by atoms with Gasteiger partial charge in [0.05, 0.1) is 24.2 Å². The van der Waals surface area contributed by atoms with Crippen LogP contribution in [0.5, 0.6) is 0 Å². The quantitative estimate of drug-likeness (QED) is 0.225. The van der Waals surface area contributed by atoms with Crippen molar-refractivity contribution in [3.05, 3.63) is 11.6 Å². The molecule has 2 heterocycles. The fourth-order valence-corrected chi connectivity index (χ4v) is 5.14. The number of nitrogens with one attached hydrogen (secondary N) is 2. The van der Waals surface area contributed by atoms with Gasteiger partial charge in [-0.3, -0.25) is 0 Å². The standard InChI is InChI=1S/C25H43N3O7/c1-16(2)8-9-18-24(5,35-18)20-19(31-6)17(10-11-25(20)15-33-25)34-22(30)28-23(3,4)14-32-21(29)27-13-7-12-26/h8,17-20H,7,9-15,26H2,1-6H3,(H,27,29)(H,28,30)/t17?,18-,19?,20?,24+,25+/m1/s1. The van der Waals surface area contributed by atoms with Crippen LogP contribution in [-0.2, 0) is 23.7 Å². The zero-order valence-corrected chi connectivity index (χ0v) is 22.0. The van der Waals surface area contributed by atoms with Gasteiger partial charge in [-0.05, 0) is 66.8 Å². The van der Waals surface area contributed by atoms with Gasteiger partial charge in [-0.1, -0.05) is 11.6 Å². The third-order valence-corrected chi connectivity index (χ3v) is 7.15. The van der Waals surface area contributed by atoms with Crippen molar-refractivity contribution >= 4 is 12.2 Å². The molecule has 0 aromatic heterocycles. The lowest BCUT2D eigenvalue weighted by Gasteiger charge is -2.42. The first-order valence-corrected chi connectivity index (χ1v) is 12.5. The highest BCUT2D eigenvalue weighted by Gasteiger charge is 2.72. The van der Waals surface area contributed by atoms with E-state index in [0.717, 1.165) is 12.8 Å². The Labute approximate surface area is 208 Å². The topological polar surface area (TPSA) is 137 Å². The summed E-state index contributed by atoms with van der Waals surface area (Å²) in [6, 6.07) is 0. The van der Waals surface area contributed by atoms with E-state index in [1.165, 1.54) is 5.57 Å². The Morgan fingerprint density at radius 1 is 1.26 bits per heavy atom. The smallest absolute Gasteiger partial charge is 0.408 e. The molecule has 1 aliphatic carbocycles. The lowest BCUT2D eigenvalue weighted by Crippen LogP contribution is -2.57. The molecule has 2 amide bonds. The number of nitrogens with two attached hydrogens (primary N) is 1. The minimum atomic E-state index is -0.819. The first-order valence-electron chi connectivity index (χ1n) is 12.5. The first-order chi connectivity index (χ1) is 16.5. The van der Waals surface area contributed by atoms with Crippen molar-refractivity contribution in [1.29, 1.82) is 0 Å². The summed E-state index contributed by atoms with van der Waals surface area (Å²) in [6.07, 6.45) is 3.26. The second kappa shape index (κ2) is 11.0. The zero-order valence-electron chi connectivity index (χ0n) is 22.0. The normalized spacial score (nSPS) is 33.6. The van der Waals surface area contributed by atoms with Crippen molar-refractivity contribution in [2.75, 3.05) is 33.4 Å². The van der Waals surface area contributed by atoms with Gasteiger partial charge in [0.25, 0.3) is 0 Å². The highest BCUT2D eigenvalue weighted by Crippen LogP contribution is 2.59. The summed E-state index contributed by atoms with van der Waals surface area (Å²) >= 11 is 0. The van der Waals surface area contributed by atoms with Gasteiger partial charge in [0.15, 0.2) is 0 Å². The summed E-state index contributed by atoms with van der Waals surface area (Å²) in [5.41, 5.74) is 5.17. The Morgan fingerprint density at radius 2 is 1.97 bits per heavy atom. The van der Waals surface area contributed by atoms with E-state index < -0.39 is 29.4 Å². The molecule has 6 atom stereocenters. The van der Waals surface area contributed by atoms with Gasteiger partial charge in [-0.2, -0.15) is 0 Å². The molecule has 2 aliphatic heterocycles. The average Bonchev–Trinajstić information content (AvgIpc) is 3.69. The molecule has 10 heteroatoms. The Kier molecular flexibility index (Phi) is 8.73. The number of hydrogen-bond acceptors (Lipinski definition) is 8. The van der Waals surface area contributed by atoms with Gasteiger partial charge in [0.2, 0.25) is 0 Å². The maximum atomic E-state index is 12.8. The molecule has 3 rings (SSSR count). The number of ether oxygens (including phenoxy) is 5. The number of epoxide rings is 2. The summed E-state index contributed by atoms with van der Waals surface area (Å²) in [6.45, 7) is 11.4. The molecule has 2 saturated heterocycles. The molecule has 35 heavy (non-hydrogen) atoms. The number of alkyl carbamates (subject to hydrolysis) is 2. The van der Waals surface area contributed by atoms with Crippen LogP contribution < -0.4 is 16.4 Å². The molecular formula is C25H43N3O7. The molecule has 3 aliphatic rings. The molecule has 0 aromatic carbocycles. The van der Waals surface area contributed by atoms with Crippen LogP contribution in [0.3, 0.4) is 0 Å². The van der Waals surface area contributed by atoms with Gasteiger partial charge in [-0.15, -0.1) is 0 Å². The SMILES string of the molecule is COC1C(OC(=O)NC(C)(C)COC(=O)NCCCN)CC[C@]2(CO2)C1[C@@]1(C)O[C@@H]1CC=C(C)C. The van der Waals surface area contributed by atoms with Crippen LogP contribution >= 0.6 is 0 Å². The highest BCUT2D eigenvalue weighted by molar-refractivity contribution is 5.69. The minimum absolute atomic E-state index is 0.00748. The van der Waals surface area contributed by atoms with Crippen LogP contribution in [0.25, 0.3) is 0 Å². The summed E-state index contributed by atoms with van der Waals surface area (Å²) in [7, 11) is 1.64. The molecule has 3 fully saturated rings. The fraction of sp³-hybridized carbons (Fsp3) is 0.840. The number of carbonyl (C=O) groups excluding carboxylic acids is 2. The summed E-state index contributed by atoms with van der Waals surface area (Å²) in [4.78, 5) is 24.6. The van der Waals surface area contributed by atoms with E-state index in [1.807, 2.05) is 0 Å². The number of methoxy groups -OCH3 is 1. The van der Waals surface area contributed by atoms with Crippen LogP contribution in [0.4, 0.5) is 9.59 Å². The van der Waals surface area contributed by atoms with E-state index >= 15 is 0 Å². The number of allylic oxidation sites excluding steroid dienone is 1. The van der Waals surface area contributed by atoms with Crippen LogP contribution in [0.2, 0.25) is 0 Å². The number of carbonyl (C=O) groups is 2. The van der Waals surface area contributed by atoms with Crippen molar-refractivity contribution in [2.24, 2.45) is 11.7 Å². The van der Waals surface area contributed by atoms with Crippen LogP contribution in [-0.4, -0.2) is 80.7 Å². The van der Waals surface area contributed by atoms with E-state index in [1.54, 1.807) is 21.0 Å². The van der Waals surface area contributed by atoms with E-state index in [9.17, 15) is 9.59 Å². The Bertz CT molecular complexity index is 794. The number of rotatable bonds is 11. The largest absolute Gasteiger partial charge is 0.447 e. The van der Waals surface area contributed by atoms with Crippen molar-refractivity contribution in [2.45, 2.75) is 95.4 Å². The van der Waals surface area contributed by atoms with Crippen LogP contribution in [0, 0.1) is 5.92 Å². The van der Waals surface area contributed by atoms with E-state index in [2.05, 4.69) is 37.5 Å². The van der Waals surface area contributed by atoms with E-state index in [-0.39, 0.29) is 30.3 Å². The molecule has 4 N–H and O–H groups in total. The van der Waals surface area contributed by atoms with Gasteiger partial charge in [0.1, 0.15) is 30.0 Å². The zero-order chi connectivity index (χ0) is 25.9. The lowest BCUT2D eigenvalue weighted by atomic mass is 9.68. The maximum Gasteiger partial charge on any atom is 0.408 e. The summed E-state index contributed by atoms with van der Waals surface area (Å²) in [5, 5.41) is 5.42. The van der Waals surface area contributed by atoms with Crippen LogP contribution in [0.15, 0.2) is 11.6 Å². The average molecular weight is 498 g/mol. The molecule has 1 saturated carbocycles. The Balaban J connectivity index is 1.57. The summed E-state index contributed by atoms with van der Waals surface area (Å²) in [5.74, 6) is -0.0457. The Hall–Kier alpha value is -1.88. The molecular weight excluding hydrogens is 454 g/mol. The second-order valence-corrected chi connectivity index (χ2v) is 11.0. The molecule has 10 nitrogen and oxygen atoms in total. The molecule has 1 spiro atoms.